The minimum absolute atomic E-state index is 0.0180. The van der Waals surface area contributed by atoms with Gasteiger partial charge in [0.2, 0.25) is 5.91 Å². The number of hydrogen-bond donors (Lipinski definition) is 2. The van der Waals surface area contributed by atoms with Crippen LogP contribution in [0, 0.1) is 16.2 Å². The Morgan fingerprint density at radius 3 is 2.38 bits per heavy atom. The number of fused-ring (bicyclic) bond motifs is 1. The van der Waals surface area contributed by atoms with E-state index in [4.69, 9.17) is 4.74 Å². The molecule has 2 bridgehead atoms. The van der Waals surface area contributed by atoms with Crippen molar-refractivity contribution in [2.24, 2.45) is 16.2 Å². The zero-order chi connectivity index (χ0) is 19.3. The number of hydrazine groups is 1. The number of benzene rings is 1. The summed E-state index contributed by atoms with van der Waals surface area (Å²) in [5.74, 6) is -0.110. The molecule has 4 rings (SSSR count). The second-order valence-corrected chi connectivity index (χ2v) is 11.4. The maximum atomic E-state index is 13.1. The van der Waals surface area contributed by atoms with Gasteiger partial charge in [0.05, 0.1) is 21.8 Å². The molecule has 3 unspecified atom stereocenters. The summed E-state index contributed by atoms with van der Waals surface area (Å²) in [5.41, 5.74) is 4.69. The summed E-state index contributed by atoms with van der Waals surface area (Å²) in [6, 6.07) is 6.89. The molecule has 3 aliphatic rings. The SMILES string of the molecule is COc1ccccc1C(=O)NNC(=O)C12CCC(C(Br)Br)(C1Br)C2(C)C. The van der Waals surface area contributed by atoms with Gasteiger partial charge in [0, 0.05) is 10.2 Å². The van der Waals surface area contributed by atoms with E-state index < -0.39 is 11.3 Å². The third kappa shape index (κ3) is 2.37. The van der Waals surface area contributed by atoms with Gasteiger partial charge in [-0.1, -0.05) is 73.8 Å². The van der Waals surface area contributed by atoms with Gasteiger partial charge in [-0.3, -0.25) is 20.4 Å². The van der Waals surface area contributed by atoms with E-state index in [0.29, 0.717) is 11.3 Å². The van der Waals surface area contributed by atoms with Crippen LogP contribution in [0.3, 0.4) is 0 Å². The first-order chi connectivity index (χ1) is 12.2. The first kappa shape index (κ1) is 20.1. The van der Waals surface area contributed by atoms with E-state index in [-0.39, 0.29) is 25.3 Å². The Balaban J connectivity index is 1.75. The van der Waals surface area contributed by atoms with Crippen LogP contribution in [0.5, 0.6) is 5.75 Å². The Labute approximate surface area is 178 Å². The van der Waals surface area contributed by atoms with Crippen molar-refractivity contribution < 1.29 is 14.3 Å². The van der Waals surface area contributed by atoms with E-state index >= 15 is 0 Å². The minimum Gasteiger partial charge on any atom is -0.496 e. The largest absolute Gasteiger partial charge is 0.496 e. The number of carbonyl (C=O) groups is 2. The number of nitrogens with one attached hydrogen (secondary N) is 2. The van der Waals surface area contributed by atoms with Crippen molar-refractivity contribution >= 4 is 59.6 Å². The van der Waals surface area contributed by atoms with Crippen LogP contribution in [0.15, 0.2) is 24.3 Å². The van der Waals surface area contributed by atoms with Gasteiger partial charge in [0.15, 0.2) is 0 Å². The van der Waals surface area contributed by atoms with Gasteiger partial charge in [-0.25, -0.2) is 0 Å². The van der Waals surface area contributed by atoms with E-state index in [1.165, 1.54) is 7.11 Å². The standard InChI is InChI=1S/C18H21Br3N2O3/c1-16(2)17(14(20)21)8-9-18(16,13(17)19)15(25)23-22-12(24)10-6-4-5-7-11(10)26-3/h4-7,13-14H,8-9H2,1-3H3,(H,22,24)(H,23,25). The van der Waals surface area contributed by atoms with Crippen molar-refractivity contribution in [1.29, 1.82) is 0 Å². The Bertz CT molecular complexity index is 755. The van der Waals surface area contributed by atoms with Crippen LogP contribution in [0.4, 0.5) is 0 Å². The third-order valence-electron chi connectivity index (χ3n) is 6.53. The predicted octanol–water partition coefficient (Wildman–Crippen LogP) is 4.14. The molecule has 2 N–H and O–H groups in total. The number of hydrogen-bond acceptors (Lipinski definition) is 3. The van der Waals surface area contributed by atoms with Gasteiger partial charge >= 0.3 is 0 Å². The van der Waals surface area contributed by atoms with Crippen molar-refractivity contribution in [2.75, 3.05) is 7.11 Å². The van der Waals surface area contributed by atoms with Gasteiger partial charge < -0.3 is 4.74 Å². The summed E-state index contributed by atoms with van der Waals surface area (Å²) < 4.78 is 5.30. The molecule has 1 aromatic rings. The van der Waals surface area contributed by atoms with Gasteiger partial charge in [0.25, 0.3) is 5.91 Å². The molecule has 1 aromatic carbocycles. The fourth-order valence-electron chi connectivity index (χ4n) is 4.82. The van der Waals surface area contributed by atoms with Crippen LogP contribution in [0.25, 0.3) is 0 Å². The van der Waals surface area contributed by atoms with Crippen LogP contribution in [-0.2, 0) is 4.79 Å². The molecule has 0 radical (unpaired) electrons. The predicted molar refractivity (Wildman–Crippen MR) is 111 cm³/mol. The Hall–Kier alpha value is -0.600. The second-order valence-electron chi connectivity index (χ2n) is 7.41. The summed E-state index contributed by atoms with van der Waals surface area (Å²) in [7, 11) is 1.51. The Kier molecular flexibility index (Phi) is 5.25. The zero-order valence-electron chi connectivity index (χ0n) is 14.7. The molecule has 8 heteroatoms. The van der Waals surface area contributed by atoms with Gasteiger partial charge in [-0.2, -0.15) is 0 Å². The molecule has 0 saturated heterocycles. The monoisotopic (exact) mass is 550 g/mol. The molecule has 2 amide bonds. The summed E-state index contributed by atoms with van der Waals surface area (Å²) in [6.07, 6.45) is 1.69. The van der Waals surface area contributed by atoms with Crippen molar-refractivity contribution in [1.82, 2.24) is 10.9 Å². The van der Waals surface area contributed by atoms with E-state index in [1.807, 2.05) is 0 Å². The lowest BCUT2D eigenvalue weighted by Crippen LogP contribution is -2.72. The molecule has 0 spiro atoms. The molecular formula is C18H21Br3N2O3. The third-order valence-corrected chi connectivity index (χ3v) is 9.77. The van der Waals surface area contributed by atoms with E-state index in [0.717, 1.165) is 12.8 Å². The fraction of sp³-hybridized carbons (Fsp3) is 0.556. The van der Waals surface area contributed by atoms with Crippen molar-refractivity contribution in [3.63, 3.8) is 0 Å². The first-order valence-electron chi connectivity index (χ1n) is 8.33. The molecule has 3 aliphatic carbocycles. The lowest BCUT2D eigenvalue weighted by Gasteiger charge is -2.66. The highest BCUT2D eigenvalue weighted by Crippen LogP contribution is 2.82. The normalized spacial score (nSPS) is 31.3. The molecule has 5 nitrogen and oxygen atoms in total. The van der Waals surface area contributed by atoms with E-state index in [9.17, 15) is 9.59 Å². The summed E-state index contributed by atoms with van der Waals surface area (Å²) in [4.78, 5) is 25.5. The maximum Gasteiger partial charge on any atom is 0.273 e. The number of amides is 2. The van der Waals surface area contributed by atoms with Crippen LogP contribution in [-0.4, -0.2) is 27.5 Å². The van der Waals surface area contributed by atoms with Gasteiger partial charge in [0.1, 0.15) is 5.75 Å². The molecule has 0 aliphatic heterocycles. The summed E-state index contributed by atoms with van der Waals surface area (Å²) >= 11 is 11.1. The summed E-state index contributed by atoms with van der Waals surface area (Å²) in [5, 5.41) is 0. The highest BCUT2D eigenvalue weighted by molar-refractivity contribution is 9.24. The molecule has 26 heavy (non-hydrogen) atoms. The fourth-order valence-corrected chi connectivity index (χ4v) is 9.74. The lowest BCUT2D eigenvalue weighted by atomic mass is 9.43. The molecule has 3 saturated carbocycles. The highest BCUT2D eigenvalue weighted by atomic mass is 79.9. The number of ether oxygens (including phenoxy) is 1. The topological polar surface area (TPSA) is 67.4 Å². The number of carbonyl (C=O) groups excluding carboxylic acids is 2. The molecule has 142 valence electrons. The number of halogens is 3. The van der Waals surface area contributed by atoms with Crippen molar-refractivity contribution in [3.05, 3.63) is 29.8 Å². The number of rotatable bonds is 4. The second kappa shape index (κ2) is 6.78. The van der Waals surface area contributed by atoms with Gasteiger partial charge in [-0.15, -0.1) is 0 Å². The molecular weight excluding hydrogens is 532 g/mol. The molecule has 0 heterocycles. The average molecular weight is 553 g/mol. The minimum atomic E-state index is -0.569. The highest BCUT2D eigenvalue weighted by Gasteiger charge is 2.83. The van der Waals surface area contributed by atoms with Crippen LogP contribution in [0.2, 0.25) is 0 Å². The van der Waals surface area contributed by atoms with Gasteiger partial charge in [-0.05, 0) is 30.4 Å². The average Bonchev–Trinajstić information content (AvgIpc) is 3.09. The van der Waals surface area contributed by atoms with Crippen molar-refractivity contribution in [3.8, 4) is 5.75 Å². The first-order valence-corrected chi connectivity index (χ1v) is 11.1. The molecule has 3 atom stereocenters. The number of para-hydroxylation sites is 1. The Morgan fingerprint density at radius 1 is 1.19 bits per heavy atom. The number of alkyl halides is 3. The van der Waals surface area contributed by atoms with E-state index in [1.54, 1.807) is 24.3 Å². The van der Waals surface area contributed by atoms with Crippen molar-refractivity contribution in [2.45, 2.75) is 35.3 Å². The number of methoxy groups -OCH3 is 1. The summed E-state index contributed by atoms with van der Waals surface area (Å²) in [6.45, 7) is 4.24. The Morgan fingerprint density at radius 2 is 1.85 bits per heavy atom. The quantitative estimate of drug-likeness (QED) is 0.436. The zero-order valence-corrected chi connectivity index (χ0v) is 19.5. The molecule has 3 fully saturated rings. The lowest BCUT2D eigenvalue weighted by molar-refractivity contribution is -0.162. The molecule has 0 aromatic heterocycles. The van der Waals surface area contributed by atoms with E-state index in [2.05, 4.69) is 72.5 Å². The van der Waals surface area contributed by atoms with Crippen LogP contribution < -0.4 is 15.6 Å². The maximum absolute atomic E-state index is 13.1. The smallest absolute Gasteiger partial charge is 0.273 e. The van der Waals surface area contributed by atoms with Crippen LogP contribution >= 0.6 is 47.8 Å². The van der Waals surface area contributed by atoms with Crippen LogP contribution in [0.1, 0.15) is 37.0 Å².